The normalized spacial score (nSPS) is 10.4. The van der Waals surface area contributed by atoms with Crippen LogP contribution in [0.15, 0.2) is 72.8 Å². The highest BCUT2D eigenvalue weighted by atomic mass is 16.5. The molecule has 0 aliphatic heterocycles. The Hall–Kier alpha value is -3.27. The maximum atomic E-state index is 12.5. The van der Waals surface area contributed by atoms with Gasteiger partial charge in [0, 0.05) is 18.2 Å². The van der Waals surface area contributed by atoms with E-state index in [0.717, 1.165) is 34.7 Å². The zero-order valence-corrected chi connectivity index (χ0v) is 16.3. The summed E-state index contributed by atoms with van der Waals surface area (Å²) in [5, 5.41) is 3.06. The first-order chi connectivity index (χ1) is 13.7. The molecule has 0 radical (unpaired) electrons. The van der Waals surface area contributed by atoms with Crippen LogP contribution in [0.25, 0.3) is 0 Å². The molecular weight excluding hydrogens is 350 g/mol. The van der Waals surface area contributed by atoms with Gasteiger partial charge in [0.05, 0.1) is 14.2 Å². The predicted octanol–water partition coefficient (Wildman–Crippen LogP) is 4.87. The van der Waals surface area contributed by atoms with Crippen LogP contribution in [0.1, 0.15) is 23.1 Å². The molecule has 1 N–H and O–H groups in total. The molecule has 0 heterocycles. The fourth-order valence-corrected chi connectivity index (χ4v) is 3.09. The number of anilines is 1. The van der Waals surface area contributed by atoms with Crippen LogP contribution in [0.5, 0.6) is 11.5 Å². The molecule has 0 saturated heterocycles. The number of hydrogen-bond acceptors (Lipinski definition) is 3. The second-order valence-corrected chi connectivity index (χ2v) is 6.59. The molecule has 0 unspecified atom stereocenters. The molecule has 4 heteroatoms. The topological polar surface area (TPSA) is 47.6 Å². The molecule has 3 aromatic carbocycles. The third-order valence-corrected chi connectivity index (χ3v) is 4.58. The number of rotatable bonds is 8. The highest BCUT2D eigenvalue weighted by Gasteiger charge is 2.09. The summed E-state index contributed by atoms with van der Waals surface area (Å²) >= 11 is 0. The summed E-state index contributed by atoms with van der Waals surface area (Å²) in [6.07, 6.45) is 1.78. The van der Waals surface area contributed by atoms with Crippen LogP contribution in [0.4, 0.5) is 5.69 Å². The van der Waals surface area contributed by atoms with Crippen LogP contribution in [-0.2, 0) is 17.6 Å². The number of amides is 1. The molecule has 1 amide bonds. The van der Waals surface area contributed by atoms with E-state index in [1.807, 2.05) is 54.6 Å². The van der Waals surface area contributed by atoms with Crippen LogP contribution in [0.2, 0.25) is 0 Å². The summed E-state index contributed by atoms with van der Waals surface area (Å²) in [7, 11) is 3.24. The fourth-order valence-electron chi connectivity index (χ4n) is 3.09. The molecule has 3 rings (SSSR count). The molecule has 4 nitrogen and oxygen atoms in total. The van der Waals surface area contributed by atoms with E-state index in [2.05, 4.69) is 23.5 Å². The monoisotopic (exact) mass is 375 g/mol. The van der Waals surface area contributed by atoms with Gasteiger partial charge in [0.2, 0.25) is 5.91 Å². The lowest BCUT2D eigenvalue weighted by atomic mass is 10.0. The van der Waals surface area contributed by atoms with Crippen molar-refractivity contribution in [1.82, 2.24) is 0 Å². The van der Waals surface area contributed by atoms with E-state index in [-0.39, 0.29) is 5.91 Å². The summed E-state index contributed by atoms with van der Waals surface area (Å²) in [6.45, 7) is 0. The van der Waals surface area contributed by atoms with Crippen molar-refractivity contribution in [3.05, 3.63) is 89.5 Å². The summed E-state index contributed by atoms with van der Waals surface area (Å²) in [5.41, 5.74) is 4.18. The number of aryl methyl sites for hydroxylation is 1. The number of para-hydroxylation sites is 1. The maximum absolute atomic E-state index is 12.5. The third-order valence-electron chi connectivity index (χ3n) is 4.58. The lowest BCUT2D eigenvalue weighted by Crippen LogP contribution is -2.14. The van der Waals surface area contributed by atoms with Crippen molar-refractivity contribution in [1.29, 1.82) is 0 Å². The molecular formula is C24H25NO3. The zero-order valence-electron chi connectivity index (χ0n) is 16.3. The van der Waals surface area contributed by atoms with Gasteiger partial charge in [-0.1, -0.05) is 48.5 Å². The van der Waals surface area contributed by atoms with Gasteiger partial charge in [-0.15, -0.1) is 0 Å². The van der Waals surface area contributed by atoms with Crippen LogP contribution in [-0.4, -0.2) is 20.1 Å². The first-order valence-corrected chi connectivity index (χ1v) is 9.31. The van der Waals surface area contributed by atoms with E-state index in [1.54, 1.807) is 14.2 Å². The van der Waals surface area contributed by atoms with Crippen molar-refractivity contribution >= 4 is 11.6 Å². The molecule has 0 atom stereocenters. The molecule has 0 aliphatic carbocycles. The lowest BCUT2D eigenvalue weighted by molar-refractivity contribution is -0.116. The summed E-state index contributed by atoms with van der Waals surface area (Å²) in [6, 6.07) is 23.9. The largest absolute Gasteiger partial charge is 0.497 e. The van der Waals surface area contributed by atoms with Crippen molar-refractivity contribution in [3.8, 4) is 11.5 Å². The van der Waals surface area contributed by atoms with Crippen molar-refractivity contribution in [3.63, 3.8) is 0 Å². The highest BCUT2D eigenvalue weighted by molar-refractivity contribution is 5.91. The predicted molar refractivity (Wildman–Crippen MR) is 112 cm³/mol. The summed E-state index contributed by atoms with van der Waals surface area (Å²) in [4.78, 5) is 12.5. The van der Waals surface area contributed by atoms with Crippen molar-refractivity contribution < 1.29 is 14.3 Å². The Bertz CT molecular complexity index is 900. The van der Waals surface area contributed by atoms with Gasteiger partial charge in [0.1, 0.15) is 11.5 Å². The first kappa shape index (κ1) is 19.5. The van der Waals surface area contributed by atoms with Gasteiger partial charge < -0.3 is 14.8 Å². The van der Waals surface area contributed by atoms with Gasteiger partial charge in [-0.25, -0.2) is 0 Å². The Balaban J connectivity index is 1.64. The van der Waals surface area contributed by atoms with Gasteiger partial charge in [-0.3, -0.25) is 4.79 Å². The minimum Gasteiger partial charge on any atom is -0.497 e. The molecule has 0 bridgehead atoms. The quantitative estimate of drug-likeness (QED) is 0.611. The SMILES string of the molecule is COc1cc(CCC(=O)Nc2ccccc2Cc2ccccc2)cc(OC)c1. The third kappa shape index (κ3) is 5.36. The first-order valence-electron chi connectivity index (χ1n) is 9.31. The Labute approximate surface area is 166 Å². The molecule has 144 valence electrons. The van der Waals surface area contributed by atoms with Gasteiger partial charge >= 0.3 is 0 Å². The molecule has 28 heavy (non-hydrogen) atoms. The van der Waals surface area contributed by atoms with E-state index in [4.69, 9.17) is 9.47 Å². The molecule has 0 aromatic heterocycles. The fraction of sp³-hybridized carbons (Fsp3) is 0.208. The van der Waals surface area contributed by atoms with Crippen molar-refractivity contribution in [2.75, 3.05) is 19.5 Å². The molecule has 0 spiro atoms. The van der Waals surface area contributed by atoms with Gasteiger partial charge in [-0.2, -0.15) is 0 Å². The van der Waals surface area contributed by atoms with Crippen LogP contribution >= 0.6 is 0 Å². The molecule has 3 aromatic rings. The Morgan fingerprint density at radius 3 is 2.14 bits per heavy atom. The zero-order chi connectivity index (χ0) is 19.8. The average Bonchev–Trinajstić information content (AvgIpc) is 2.74. The summed E-state index contributed by atoms with van der Waals surface area (Å²) < 4.78 is 10.6. The van der Waals surface area contributed by atoms with Crippen LogP contribution in [0.3, 0.4) is 0 Å². The van der Waals surface area contributed by atoms with Gasteiger partial charge in [-0.05, 0) is 47.7 Å². The second kappa shape index (κ2) is 9.60. The van der Waals surface area contributed by atoms with Crippen LogP contribution in [0, 0.1) is 0 Å². The number of nitrogens with one attached hydrogen (secondary N) is 1. The highest BCUT2D eigenvalue weighted by Crippen LogP contribution is 2.24. The van der Waals surface area contributed by atoms with Crippen molar-refractivity contribution in [2.45, 2.75) is 19.3 Å². The van der Waals surface area contributed by atoms with E-state index in [1.165, 1.54) is 5.56 Å². The Morgan fingerprint density at radius 1 is 0.821 bits per heavy atom. The molecule has 0 saturated carbocycles. The summed E-state index contributed by atoms with van der Waals surface area (Å²) in [5.74, 6) is 1.44. The minimum atomic E-state index is -0.0118. The van der Waals surface area contributed by atoms with E-state index < -0.39 is 0 Å². The van der Waals surface area contributed by atoms with Crippen LogP contribution < -0.4 is 14.8 Å². The van der Waals surface area contributed by atoms with E-state index >= 15 is 0 Å². The number of hydrogen-bond donors (Lipinski definition) is 1. The van der Waals surface area contributed by atoms with E-state index in [0.29, 0.717) is 12.8 Å². The number of carbonyl (C=O) groups is 1. The lowest BCUT2D eigenvalue weighted by Gasteiger charge is -2.12. The molecule has 0 fully saturated rings. The number of benzene rings is 3. The van der Waals surface area contributed by atoms with E-state index in [9.17, 15) is 4.79 Å². The Morgan fingerprint density at radius 2 is 1.46 bits per heavy atom. The maximum Gasteiger partial charge on any atom is 0.224 e. The number of carbonyl (C=O) groups excluding carboxylic acids is 1. The van der Waals surface area contributed by atoms with Crippen molar-refractivity contribution in [2.24, 2.45) is 0 Å². The van der Waals surface area contributed by atoms with Gasteiger partial charge in [0.15, 0.2) is 0 Å². The standard InChI is InChI=1S/C24H25NO3/c1-27-21-15-19(16-22(17-21)28-2)12-13-24(26)25-23-11-7-6-10-20(23)14-18-8-4-3-5-9-18/h3-11,15-17H,12-14H2,1-2H3,(H,25,26). The number of ether oxygens (including phenoxy) is 2. The Kier molecular flexibility index (Phi) is 6.68. The second-order valence-electron chi connectivity index (χ2n) is 6.59. The number of methoxy groups -OCH3 is 2. The molecule has 0 aliphatic rings. The average molecular weight is 375 g/mol. The smallest absolute Gasteiger partial charge is 0.224 e. The minimum absolute atomic E-state index is 0.0118. The van der Waals surface area contributed by atoms with Gasteiger partial charge in [0.25, 0.3) is 0 Å².